The number of aromatic nitrogens is 4. The number of carboxylic acid groups (broad SMARTS) is 1. The Morgan fingerprint density at radius 3 is 2.63 bits per heavy atom. The topological polar surface area (TPSA) is 137 Å². The number of aromatic carboxylic acids is 1. The second-order valence-corrected chi connectivity index (χ2v) is 12.8. The number of nitrogens with zero attached hydrogens (tertiary/aromatic N) is 7. The maximum absolute atomic E-state index is 13.9. The molecule has 49 heavy (non-hydrogen) atoms. The number of alkyl halides is 3. The lowest BCUT2D eigenvalue weighted by Gasteiger charge is -2.35. The molecule has 0 atom stereocenters. The minimum Gasteiger partial charge on any atom is -0.491 e. The Hall–Kier alpha value is -4.78. The van der Waals surface area contributed by atoms with Crippen LogP contribution in [0.1, 0.15) is 34.6 Å². The number of ether oxygens (including phenoxy) is 1. The van der Waals surface area contributed by atoms with Crippen LogP contribution in [-0.2, 0) is 6.54 Å². The van der Waals surface area contributed by atoms with Crippen molar-refractivity contribution in [3.05, 3.63) is 74.4 Å². The number of carboxylic acids is 1. The first kappa shape index (κ1) is 34.1. The normalized spacial score (nSPS) is 14.0. The summed E-state index contributed by atoms with van der Waals surface area (Å²) in [6.45, 7) is 4.04. The van der Waals surface area contributed by atoms with Crippen LogP contribution in [0.15, 0.2) is 46.8 Å². The lowest BCUT2D eigenvalue weighted by Crippen LogP contribution is -2.47. The van der Waals surface area contributed by atoms with E-state index < -0.39 is 24.1 Å². The van der Waals surface area contributed by atoms with E-state index in [1.165, 1.54) is 33.7 Å². The van der Waals surface area contributed by atoms with Crippen LogP contribution in [0, 0.1) is 18.3 Å². The molecule has 0 amide bonds. The van der Waals surface area contributed by atoms with E-state index in [1.54, 1.807) is 31.2 Å². The van der Waals surface area contributed by atoms with Gasteiger partial charge in [0.25, 0.3) is 5.56 Å². The largest absolute Gasteiger partial charge is 0.491 e. The number of carbonyl (C=O) groups is 1. The molecule has 254 valence electrons. The Kier molecular flexibility index (Phi) is 9.73. The van der Waals surface area contributed by atoms with Gasteiger partial charge in [0.05, 0.1) is 39.4 Å². The summed E-state index contributed by atoms with van der Waals surface area (Å²) in [7, 11) is 0. The summed E-state index contributed by atoms with van der Waals surface area (Å²) in [6, 6.07) is 8.99. The van der Waals surface area contributed by atoms with Gasteiger partial charge < -0.3 is 14.7 Å². The minimum atomic E-state index is -4.19. The van der Waals surface area contributed by atoms with Crippen molar-refractivity contribution in [1.82, 2.24) is 24.4 Å². The standard InChI is InChI=1S/C33H29ClF3N7O4S/c1-19-41-25-17-40-30(43-11-9-42(10-12-43)8-2-6-33(35,36)37)23(16-38)27(25)31(45)44(19)13-14-48-26-4-3-20(34)15-22(26)21-5-7-39-28-24(32(46)47)18-49-29(21)28/h3-5,7,15,17-18H,2,6,8-14H2,1H3,(H,46,47). The maximum Gasteiger partial charge on any atom is 0.389 e. The second-order valence-electron chi connectivity index (χ2n) is 11.5. The zero-order valence-corrected chi connectivity index (χ0v) is 27.7. The molecule has 11 nitrogen and oxygen atoms in total. The van der Waals surface area contributed by atoms with Crippen molar-refractivity contribution in [3.8, 4) is 22.9 Å². The van der Waals surface area contributed by atoms with Crippen molar-refractivity contribution in [2.45, 2.75) is 32.5 Å². The predicted octanol–water partition coefficient (Wildman–Crippen LogP) is 6.14. The van der Waals surface area contributed by atoms with Crippen LogP contribution in [0.5, 0.6) is 5.75 Å². The van der Waals surface area contributed by atoms with Crippen LogP contribution in [0.3, 0.4) is 0 Å². The SMILES string of the molecule is Cc1nc2cnc(N3CCN(CCCC(F)(F)F)CC3)c(C#N)c2c(=O)n1CCOc1ccc(Cl)cc1-c1ccnc2c(C(=O)O)csc12. The van der Waals surface area contributed by atoms with Gasteiger partial charge in [0.1, 0.15) is 35.6 Å². The fraction of sp³-hybridized carbons (Fsp3) is 0.333. The Bertz CT molecular complexity index is 2160. The van der Waals surface area contributed by atoms with Gasteiger partial charge in [-0.15, -0.1) is 11.3 Å². The Balaban J connectivity index is 1.23. The molecule has 4 aromatic heterocycles. The third-order valence-electron chi connectivity index (χ3n) is 8.38. The molecule has 1 aliphatic rings. The predicted molar refractivity (Wildman–Crippen MR) is 180 cm³/mol. The van der Waals surface area contributed by atoms with Gasteiger partial charge in [0, 0.05) is 60.3 Å². The van der Waals surface area contributed by atoms with Crippen LogP contribution in [0.25, 0.3) is 32.2 Å². The number of aryl methyl sites for hydroxylation is 1. The highest BCUT2D eigenvalue weighted by Crippen LogP contribution is 2.39. The first-order valence-electron chi connectivity index (χ1n) is 15.3. The van der Waals surface area contributed by atoms with Gasteiger partial charge in [-0.25, -0.2) is 14.8 Å². The number of rotatable bonds is 10. The van der Waals surface area contributed by atoms with Gasteiger partial charge in [-0.1, -0.05) is 11.6 Å². The highest BCUT2D eigenvalue weighted by atomic mass is 35.5. The summed E-state index contributed by atoms with van der Waals surface area (Å²) >= 11 is 7.60. The molecule has 1 N–H and O–H groups in total. The number of hydrogen-bond acceptors (Lipinski definition) is 10. The van der Waals surface area contributed by atoms with E-state index in [2.05, 4.69) is 21.0 Å². The molecular formula is C33H29ClF3N7O4S. The van der Waals surface area contributed by atoms with Crippen LogP contribution < -0.4 is 15.2 Å². The Morgan fingerprint density at radius 2 is 1.92 bits per heavy atom. The van der Waals surface area contributed by atoms with Gasteiger partial charge in [-0.3, -0.25) is 19.2 Å². The summed E-state index contributed by atoms with van der Waals surface area (Å²) in [5, 5.41) is 21.9. The van der Waals surface area contributed by atoms with Crippen LogP contribution in [-0.4, -0.2) is 81.0 Å². The number of hydrogen-bond donors (Lipinski definition) is 1. The van der Waals surface area contributed by atoms with E-state index in [1.807, 2.05) is 9.80 Å². The smallest absolute Gasteiger partial charge is 0.389 e. The van der Waals surface area contributed by atoms with Crippen LogP contribution >= 0.6 is 22.9 Å². The number of benzene rings is 1. The first-order chi connectivity index (χ1) is 23.4. The van der Waals surface area contributed by atoms with E-state index in [9.17, 15) is 33.1 Å². The molecule has 1 aromatic carbocycles. The quantitative estimate of drug-likeness (QED) is 0.180. The average molecular weight is 712 g/mol. The summed E-state index contributed by atoms with van der Waals surface area (Å²) < 4.78 is 46.0. The Labute approximate surface area is 286 Å². The fourth-order valence-corrected chi connectivity index (χ4v) is 7.19. The highest BCUT2D eigenvalue weighted by molar-refractivity contribution is 7.18. The molecule has 1 aliphatic heterocycles. The van der Waals surface area contributed by atoms with E-state index in [0.29, 0.717) is 76.5 Å². The zero-order chi connectivity index (χ0) is 34.9. The van der Waals surface area contributed by atoms with Crippen molar-refractivity contribution in [1.29, 1.82) is 5.26 Å². The molecular weight excluding hydrogens is 683 g/mol. The number of fused-ring (bicyclic) bond motifs is 2. The highest BCUT2D eigenvalue weighted by Gasteiger charge is 2.28. The molecule has 0 aliphatic carbocycles. The lowest BCUT2D eigenvalue weighted by molar-refractivity contribution is -0.136. The summed E-state index contributed by atoms with van der Waals surface area (Å²) in [5.41, 5.74) is 1.73. The van der Waals surface area contributed by atoms with Gasteiger partial charge in [-0.2, -0.15) is 18.4 Å². The minimum absolute atomic E-state index is 0.0185. The van der Waals surface area contributed by atoms with E-state index >= 15 is 0 Å². The van der Waals surface area contributed by atoms with Gasteiger partial charge >= 0.3 is 12.1 Å². The van der Waals surface area contributed by atoms with E-state index in [0.717, 1.165) is 0 Å². The van der Waals surface area contributed by atoms with Crippen LogP contribution in [0.4, 0.5) is 19.0 Å². The van der Waals surface area contributed by atoms with Crippen LogP contribution in [0.2, 0.25) is 5.02 Å². The van der Waals surface area contributed by atoms with E-state index in [-0.39, 0.29) is 41.6 Å². The molecule has 0 saturated carbocycles. The number of pyridine rings is 2. The fourth-order valence-electron chi connectivity index (χ4n) is 5.99. The monoisotopic (exact) mass is 711 g/mol. The van der Waals surface area contributed by atoms with Crippen molar-refractivity contribution in [3.63, 3.8) is 0 Å². The number of thiophene rings is 1. The molecule has 1 fully saturated rings. The third kappa shape index (κ3) is 7.17. The molecule has 0 radical (unpaired) electrons. The summed E-state index contributed by atoms with van der Waals surface area (Å²) in [5.74, 6) is 0.124. The van der Waals surface area contributed by atoms with Crippen molar-refractivity contribution >= 4 is 55.8 Å². The van der Waals surface area contributed by atoms with Crippen molar-refractivity contribution < 1.29 is 27.8 Å². The van der Waals surface area contributed by atoms with Gasteiger partial charge in [0.15, 0.2) is 0 Å². The van der Waals surface area contributed by atoms with Crippen molar-refractivity contribution in [2.75, 3.05) is 44.2 Å². The number of piperazine rings is 1. The number of halogens is 4. The molecule has 16 heteroatoms. The van der Waals surface area contributed by atoms with Crippen molar-refractivity contribution in [2.24, 2.45) is 0 Å². The second kappa shape index (κ2) is 14.0. The maximum atomic E-state index is 13.9. The molecule has 1 saturated heterocycles. The zero-order valence-electron chi connectivity index (χ0n) is 26.1. The lowest BCUT2D eigenvalue weighted by atomic mass is 10.0. The average Bonchev–Trinajstić information content (AvgIpc) is 3.51. The molecule has 5 aromatic rings. The number of anilines is 1. The van der Waals surface area contributed by atoms with Gasteiger partial charge in [-0.05, 0) is 44.2 Å². The Morgan fingerprint density at radius 1 is 1.14 bits per heavy atom. The molecule has 0 bridgehead atoms. The summed E-state index contributed by atoms with van der Waals surface area (Å²) in [6.07, 6.45) is -2.01. The molecule has 0 spiro atoms. The first-order valence-corrected chi connectivity index (χ1v) is 16.6. The molecule has 0 unspecified atom stereocenters. The van der Waals surface area contributed by atoms with E-state index in [4.69, 9.17) is 16.3 Å². The molecule has 5 heterocycles. The van der Waals surface area contributed by atoms with Gasteiger partial charge in [0.2, 0.25) is 0 Å². The molecule has 6 rings (SSSR count). The third-order valence-corrected chi connectivity index (χ3v) is 9.62. The summed E-state index contributed by atoms with van der Waals surface area (Å²) in [4.78, 5) is 42.7. The number of nitriles is 1.